The van der Waals surface area contributed by atoms with Gasteiger partial charge in [0.2, 0.25) is 0 Å². The Bertz CT molecular complexity index is 1290. The standard InChI is InChI=1S/C29H28ClN3O4/c1-20-25(27(34)37-19-22-12-6-3-7-13-22)26(23-15-8-16-24(30)18-23)33(29(36)32-20)28(35)31-17-9-14-21-10-4-2-5-11-21/h2-8,10-13,15-16,18,26H,9,14,17,19H2,1H3,(H,31,35)(H,32,36). The summed E-state index contributed by atoms with van der Waals surface area (Å²) in [6.07, 6.45) is 1.47. The van der Waals surface area contributed by atoms with Crippen molar-refractivity contribution in [2.45, 2.75) is 32.4 Å². The topological polar surface area (TPSA) is 87.7 Å². The summed E-state index contributed by atoms with van der Waals surface area (Å²) in [5, 5.41) is 5.88. The van der Waals surface area contributed by atoms with Gasteiger partial charge in [-0.25, -0.2) is 19.3 Å². The zero-order valence-corrected chi connectivity index (χ0v) is 21.2. The summed E-state index contributed by atoms with van der Waals surface area (Å²) in [5.74, 6) is -0.631. The number of nitrogens with zero attached hydrogens (tertiary/aromatic N) is 1. The molecule has 1 atom stereocenters. The van der Waals surface area contributed by atoms with Crippen LogP contribution in [0, 0.1) is 0 Å². The number of halogens is 1. The monoisotopic (exact) mass is 517 g/mol. The van der Waals surface area contributed by atoms with Crippen molar-refractivity contribution in [2.24, 2.45) is 0 Å². The molecule has 0 fully saturated rings. The highest BCUT2D eigenvalue weighted by molar-refractivity contribution is 6.30. The van der Waals surface area contributed by atoms with E-state index in [2.05, 4.69) is 10.6 Å². The molecule has 0 spiro atoms. The fourth-order valence-corrected chi connectivity index (χ4v) is 4.42. The maximum absolute atomic E-state index is 13.3. The Morgan fingerprint density at radius 3 is 2.32 bits per heavy atom. The van der Waals surface area contributed by atoms with E-state index in [0.29, 0.717) is 29.2 Å². The molecule has 0 saturated carbocycles. The number of rotatable bonds is 8. The molecule has 37 heavy (non-hydrogen) atoms. The maximum Gasteiger partial charge on any atom is 0.338 e. The molecule has 0 radical (unpaired) electrons. The Labute approximate surface area is 221 Å². The average Bonchev–Trinajstić information content (AvgIpc) is 2.90. The first-order chi connectivity index (χ1) is 17.9. The lowest BCUT2D eigenvalue weighted by atomic mass is 9.94. The number of urea groups is 2. The van der Waals surface area contributed by atoms with Crippen molar-refractivity contribution in [1.82, 2.24) is 15.5 Å². The minimum Gasteiger partial charge on any atom is -0.457 e. The molecule has 1 aliphatic rings. The van der Waals surface area contributed by atoms with Crippen LogP contribution in [-0.4, -0.2) is 29.5 Å². The predicted octanol–water partition coefficient (Wildman–Crippen LogP) is 5.77. The highest BCUT2D eigenvalue weighted by atomic mass is 35.5. The second kappa shape index (κ2) is 12.2. The zero-order valence-electron chi connectivity index (χ0n) is 20.4. The van der Waals surface area contributed by atoms with E-state index >= 15 is 0 Å². The van der Waals surface area contributed by atoms with Crippen molar-refractivity contribution in [2.75, 3.05) is 6.54 Å². The summed E-state index contributed by atoms with van der Waals surface area (Å²) in [5.41, 5.74) is 2.98. The number of ether oxygens (including phenoxy) is 1. The van der Waals surface area contributed by atoms with Crippen molar-refractivity contribution >= 4 is 29.6 Å². The molecule has 0 aromatic heterocycles. The molecule has 3 aromatic carbocycles. The van der Waals surface area contributed by atoms with Gasteiger partial charge >= 0.3 is 18.0 Å². The van der Waals surface area contributed by atoms with Gasteiger partial charge < -0.3 is 15.4 Å². The third kappa shape index (κ3) is 6.57. The van der Waals surface area contributed by atoms with Gasteiger partial charge in [0.1, 0.15) is 12.6 Å². The summed E-state index contributed by atoms with van der Waals surface area (Å²) >= 11 is 6.24. The molecule has 2 N–H and O–H groups in total. The molecule has 1 aliphatic heterocycles. The van der Waals surface area contributed by atoms with Crippen molar-refractivity contribution in [3.05, 3.63) is 118 Å². The number of carbonyl (C=O) groups is 3. The fraction of sp³-hybridized carbons (Fsp3) is 0.207. The van der Waals surface area contributed by atoms with Crippen LogP contribution in [0.4, 0.5) is 9.59 Å². The number of hydrogen-bond acceptors (Lipinski definition) is 4. The van der Waals surface area contributed by atoms with Crippen LogP contribution in [0.3, 0.4) is 0 Å². The summed E-state index contributed by atoms with van der Waals surface area (Å²) in [6.45, 7) is 2.03. The molecule has 190 valence electrons. The van der Waals surface area contributed by atoms with Gasteiger partial charge in [-0.15, -0.1) is 0 Å². The van der Waals surface area contributed by atoms with E-state index in [0.717, 1.165) is 22.4 Å². The van der Waals surface area contributed by atoms with Crippen LogP contribution in [0.5, 0.6) is 0 Å². The number of benzene rings is 3. The quantitative estimate of drug-likeness (QED) is 0.293. The Morgan fingerprint density at radius 2 is 1.65 bits per heavy atom. The number of nitrogens with one attached hydrogen (secondary N) is 2. The van der Waals surface area contributed by atoms with Crippen LogP contribution < -0.4 is 10.6 Å². The van der Waals surface area contributed by atoms with Gasteiger partial charge in [0, 0.05) is 17.3 Å². The Balaban J connectivity index is 1.55. The second-order valence-electron chi connectivity index (χ2n) is 8.68. The first kappa shape index (κ1) is 26.0. The van der Waals surface area contributed by atoms with Crippen LogP contribution >= 0.6 is 11.6 Å². The van der Waals surface area contributed by atoms with Crippen molar-refractivity contribution in [1.29, 1.82) is 0 Å². The van der Waals surface area contributed by atoms with E-state index in [1.807, 2.05) is 60.7 Å². The predicted molar refractivity (Wildman–Crippen MR) is 142 cm³/mol. The van der Waals surface area contributed by atoms with E-state index in [9.17, 15) is 14.4 Å². The smallest absolute Gasteiger partial charge is 0.338 e. The molecule has 0 aliphatic carbocycles. The number of allylic oxidation sites excluding steroid dienone is 1. The number of hydrogen-bond donors (Lipinski definition) is 2. The van der Waals surface area contributed by atoms with E-state index in [1.54, 1.807) is 31.2 Å². The fourth-order valence-electron chi connectivity index (χ4n) is 4.22. The van der Waals surface area contributed by atoms with Crippen LogP contribution in [0.25, 0.3) is 0 Å². The number of aryl methyl sites for hydroxylation is 1. The molecule has 4 amide bonds. The molecule has 7 nitrogen and oxygen atoms in total. The normalized spacial score (nSPS) is 15.2. The molecule has 4 rings (SSSR count). The largest absolute Gasteiger partial charge is 0.457 e. The summed E-state index contributed by atoms with van der Waals surface area (Å²) in [4.78, 5) is 40.7. The first-order valence-corrected chi connectivity index (χ1v) is 12.4. The summed E-state index contributed by atoms with van der Waals surface area (Å²) < 4.78 is 5.59. The van der Waals surface area contributed by atoms with Gasteiger partial charge in [-0.1, -0.05) is 84.4 Å². The molecule has 1 heterocycles. The second-order valence-corrected chi connectivity index (χ2v) is 9.12. The van der Waals surface area contributed by atoms with Crippen LogP contribution in [-0.2, 0) is 22.6 Å². The highest BCUT2D eigenvalue weighted by Crippen LogP contribution is 2.35. The Morgan fingerprint density at radius 1 is 0.973 bits per heavy atom. The third-order valence-corrected chi connectivity index (χ3v) is 6.26. The van der Waals surface area contributed by atoms with E-state index in [-0.39, 0.29) is 12.2 Å². The maximum atomic E-state index is 13.3. The summed E-state index contributed by atoms with van der Waals surface area (Å²) in [7, 11) is 0. The first-order valence-electron chi connectivity index (χ1n) is 12.0. The molecule has 3 aromatic rings. The minimum absolute atomic E-state index is 0.0539. The lowest BCUT2D eigenvalue weighted by molar-refractivity contribution is -0.141. The molecule has 1 unspecified atom stereocenters. The lowest BCUT2D eigenvalue weighted by Crippen LogP contribution is -2.54. The highest BCUT2D eigenvalue weighted by Gasteiger charge is 2.42. The van der Waals surface area contributed by atoms with Crippen molar-refractivity contribution < 1.29 is 19.1 Å². The van der Waals surface area contributed by atoms with Crippen LogP contribution in [0.1, 0.15) is 36.1 Å². The molecule has 0 saturated heterocycles. The van der Waals surface area contributed by atoms with Gasteiger partial charge in [-0.2, -0.15) is 0 Å². The van der Waals surface area contributed by atoms with Crippen LogP contribution in [0.2, 0.25) is 5.02 Å². The number of amides is 4. The SMILES string of the molecule is CC1=C(C(=O)OCc2ccccc2)C(c2cccc(Cl)c2)N(C(=O)NCCCc2ccccc2)C(=O)N1. The Kier molecular flexibility index (Phi) is 8.59. The van der Waals surface area contributed by atoms with E-state index in [4.69, 9.17) is 16.3 Å². The van der Waals surface area contributed by atoms with Crippen LogP contribution in [0.15, 0.2) is 96.2 Å². The lowest BCUT2D eigenvalue weighted by Gasteiger charge is -2.36. The van der Waals surface area contributed by atoms with Crippen molar-refractivity contribution in [3.63, 3.8) is 0 Å². The summed E-state index contributed by atoms with van der Waals surface area (Å²) in [6, 6.07) is 23.7. The van der Waals surface area contributed by atoms with Gasteiger partial charge in [-0.3, -0.25) is 0 Å². The third-order valence-electron chi connectivity index (χ3n) is 6.03. The van der Waals surface area contributed by atoms with Gasteiger partial charge in [0.25, 0.3) is 0 Å². The number of carbonyl (C=O) groups excluding carboxylic acids is 3. The van der Waals surface area contributed by atoms with Gasteiger partial charge in [-0.05, 0) is 48.6 Å². The Hall–Kier alpha value is -4.10. The van der Waals surface area contributed by atoms with Crippen molar-refractivity contribution in [3.8, 4) is 0 Å². The zero-order chi connectivity index (χ0) is 26.2. The van der Waals surface area contributed by atoms with Gasteiger partial charge in [0.05, 0.1) is 5.57 Å². The molecule has 8 heteroatoms. The van der Waals surface area contributed by atoms with E-state index < -0.39 is 24.1 Å². The molecular formula is C29H28ClN3O4. The van der Waals surface area contributed by atoms with Gasteiger partial charge in [0.15, 0.2) is 0 Å². The number of esters is 1. The minimum atomic E-state index is -1.01. The molecule has 0 bridgehead atoms. The number of imide groups is 1. The van der Waals surface area contributed by atoms with E-state index in [1.165, 1.54) is 0 Å². The molecular weight excluding hydrogens is 490 g/mol. The average molecular weight is 518 g/mol.